The molecule has 0 bridgehead atoms. The monoisotopic (exact) mass is 541 g/mol. The van der Waals surface area contributed by atoms with Gasteiger partial charge in [-0.25, -0.2) is 9.97 Å². The second-order valence-electron chi connectivity index (χ2n) is 13.2. The summed E-state index contributed by atoms with van der Waals surface area (Å²) in [7, 11) is 0. The van der Waals surface area contributed by atoms with Crippen LogP contribution in [-0.2, 0) is 0 Å². The van der Waals surface area contributed by atoms with E-state index >= 15 is 0 Å². The Morgan fingerprint density at radius 3 is 1.90 bits per heavy atom. The third-order valence-corrected chi connectivity index (χ3v) is 10.3. The van der Waals surface area contributed by atoms with Gasteiger partial charge < -0.3 is 0 Å². The highest BCUT2D eigenvalue weighted by molar-refractivity contribution is 5.55. The number of benzene rings is 1. The lowest BCUT2D eigenvalue weighted by molar-refractivity contribution is 0.223. The normalized spacial score (nSPS) is 25.0. The molecule has 0 spiro atoms. The smallest absolute Gasteiger partial charge is 0.159 e. The third-order valence-electron chi connectivity index (χ3n) is 10.3. The van der Waals surface area contributed by atoms with Crippen molar-refractivity contribution in [3.63, 3.8) is 0 Å². The number of rotatable bonds is 15. The van der Waals surface area contributed by atoms with Crippen molar-refractivity contribution in [1.29, 1.82) is 5.26 Å². The number of nitriles is 1. The van der Waals surface area contributed by atoms with Crippen LogP contribution in [0.25, 0.3) is 11.4 Å². The molecule has 2 saturated carbocycles. The molecule has 0 saturated heterocycles. The van der Waals surface area contributed by atoms with Gasteiger partial charge in [0, 0.05) is 18.0 Å². The fourth-order valence-corrected chi connectivity index (χ4v) is 7.41. The van der Waals surface area contributed by atoms with Crippen LogP contribution in [-0.4, -0.2) is 9.97 Å². The predicted molar refractivity (Wildman–Crippen MR) is 168 cm³/mol. The van der Waals surface area contributed by atoms with Crippen LogP contribution in [0, 0.1) is 22.7 Å². The summed E-state index contributed by atoms with van der Waals surface area (Å²) >= 11 is 0. The van der Waals surface area contributed by atoms with Crippen LogP contribution in [0.5, 0.6) is 0 Å². The Morgan fingerprint density at radius 2 is 1.27 bits per heavy atom. The van der Waals surface area contributed by atoms with Crippen LogP contribution in [0.15, 0.2) is 36.7 Å². The zero-order chi connectivity index (χ0) is 28.0. The zero-order valence-corrected chi connectivity index (χ0v) is 25.7. The van der Waals surface area contributed by atoms with Gasteiger partial charge in [-0.1, -0.05) is 109 Å². The van der Waals surface area contributed by atoms with Crippen LogP contribution in [0.1, 0.15) is 165 Å². The Morgan fingerprint density at radius 1 is 0.700 bits per heavy atom. The molecule has 0 amide bonds. The molecular formula is C37H55N3. The number of aromatic nitrogens is 2. The lowest BCUT2D eigenvalue weighted by Gasteiger charge is -2.35. The summed E-state index contributed by atoms with van der Waals surface area (Å²) < 4.78 is 0. The van der Waals surface area contributed by atoms with E-state index in [4.69, 9.17) is 9.97 Å². The van der Waals surface area contributed by atoms with E-state index in [0.29, 0.717) is 11.8 Å². The van der Waals surface area contributed by atoms with Gasteiger partial charge in [0.25, 0.3) is 0 Å². The zero-order valence-electron chi connectivity index (χ0n) is 25.7. The maximum Gasteiger partial charge on any atom is 0.159 e. The SMILES string of the molecule is CCCCCCCCC[C@]1(C#N)CC[C@H](c2ccc(-c3ncc([C@H]4CC[C@H](CCCCC)CC4)cn3)cc2)CC1. The minimum Gasteiger partial charge on any atom is -0.236 e. The second-order valence-corrected chi connectivity index (χ2v) is 13.2. The van der Waals surface area contributed by atoms with Crippen molar-refractivity contribution in [2.45, 2.75) is 154 Å². The molecule has 0 atom stereocenters. The molecule has 1 aromatic carbocycles. The minimum absolute atomic E-state index is 0.0796. The molecule has 2 aliphatic rings. The van der Waals surface area contributed by atoms with Gasteiger partial charge in [0.05, 0.1) is 11.5 Å². The first-order valence-electron chi connectivity index (χ1n) is 17.0. The predicted octanol–water partition coefficient (Wildman–Crippen LogP) is 11.3. The van der Waals surface area contributed by atoms with E-state index in [1.54, 1.807) is 0 Å². The highest BCUT2D eigenvalue weighted by Crippen LogP contribution is 2.46. The van der Waals surface area contributed by atoms with Gasteiger partial charge >= 0.3 is 0 Å². The first kappa shape index (κ1) is 30.7. The van der Waals surface area contributed by atoms with Crippen molar-refractivity contribution in [2.24, 2.45) is 11.3 Å². The van der Waals surface area contributed by atoms with Crippen LogP contribution in [0.2, 0.25) is 0 Å². The second kappa shape index (κ2) is 16.3. The third kappa shape index (κ3) is 8.89. The van der Waals surface area contributed by atoms with Gasteiger partial charge in [-0.3, -0.25) is 0 Å². The molecule has 40 heavy (non-hydrogen) atoms. The van der Waals surface area contributed by atoms with Gasteiger partial charge in [-0.05, 0) is 86.7 Å². The molecule has 2 aliphatic carbocycles. The first-order chi connectivity index (χ1) is 19.7. The Labute approximate surface area is 245 Å². The Hall–Kier alpha value is -2.21. The maximum absolute atomic E-state index is 10.0. The van der Waals surface area contributed by atoms with Gasteiger partial charge in [0.2, 0.25) is 0 Å². The average Bonchev–Trinajstić information content (AvgIpc) is 3.02. The fourth-order valence-electron chi connectivity index (χ4n) is 7.41. The Bertz CT molecular complexity index is 1000. The van der Waals surface area contributed by atoms with Crippen molar-refractivity contribution in [1.82, 2.24) is 9.97 Å². The number of nitrogens with zero attached hydrogens (tertiary/aromatic N) is 3. The van der Waals surface area contributed by atoms with Crippen LogP contribution in [0.4, 0.5) is 0 Å². The van der Waals surface area contributed by atoms with Gasteiger partial charge in [0.1, 0.15) is 0 Å². The Balaban J connectivity index is 1.22. The van der Waals surface area contributed by atoms with Crippen LogP contribution >= 0.6 is 0 Å². The molecule has 3 nitrogen and oxygen atoms in total. The lowest BCUT2D eigenvalue weighted by atomic mass is 9.67. The molecule has 2 fully saturated rings. The quantitative estimate of drug-likeness (QED) is 0.211. The molecule has 0 unspecified atom stereocenters. The summed E-state index contributed by atoms with van der Waals surface area (Å²) in [6.07, 6.45) is 29.8. The first-order valence-corrected chi connectivity index (χ1v) is 17.0. The molecule has 0 aliphatic heterocycles. The highest BCUT2D eigenvalue weighted by Gasteiger charge is 2.35. The molecule has 218 valence electrons. The molecule has 1 aromatic heterocycles. The van der Waals surface area contributed by atoms with Crippen molar-refractivity contribution >= 4 is 0 Å². The Kier molecular flexibility index (Phi) is 12.5. The number of hydrogen-bond donors (Lipinski definition) is 0. The number of hydrogen-bond acceptors (Lipinski definition) is 3. The van der Waals surface area contributed by atoms with Crippen LogP contribution in [0.3, 0.4) is 0 Å². The van der Waals surface area contributed by atoms with E-state index in [9.17, 15) is 5.26 Å². The molecule has 3 heteroatoms. The molecule has 4 rings (SSSR count). The summed E-state index contributed by atoms with van der Waals surface area (Å²) in [6.45, 7) is 4.57. The van der Waals surface area contributed by atoms with E-state index in [1.165, 1.54) is 107 Å². The van der Waals surface area contributed by atoms with Gasteiger partial charge in [0.15, 0.2) is 5.82 Å². The van der Waals surface area contributed by atoms with E-state index in [2.05, 4.69) is 56.6 Å². The van der Waals surface area contributed by atoms with E-state index in [1.807, 2.05) is 0 Å². The number of unbranched alkanes of at least 4 members (excludes halogenated alkanes) is 8. The summed E-state index contributed by atoms with van der Waals surface area (Å²) in [6, 6.07) is 11.7. The van der Waals surface area contributed by atoms with Crippen molar-refractivity contribution < 1.29 is 0 Å². The largest absolute Gasteiger partial charge is 0.236 e. The summed E-state index contributed by atoms with van der Waals surface area (Å²) in [5, 5.41) is 10.0. The lowest BCUT2D eigenvalue weighted by Crippen LogP contribution is -2.25. The molecule has 2 aromatic rings. The summed E-state index contributed by atoms with van der Waals surface area (Å²) in [5.74, 6) is 2.99. The van der Waals surface area contributed by atoms with E-state index < -0.39 is 0 Å². The van der Waals surface area contributed by atoms with E-state index in [0.717, 1.165) is 49.4 Å². The average molecular weight is 542 g/mol. The van der Waals surface area contributed by atoms with Crippen molar-refractivity contribution in [3.8, 4) is 17.5 Å². The fraction of sp³-hybridized carbons (Fsp3) is 0.703. The molecule has 1 heterocycles. The van der Waals surface area contributed by atoms with E-state index in [-0.39, 0.29) is 5.41 Å². The maximum atomic E-state index is 10.0. The topological polar surface area (TPSA) is 49.6 Å². The standard InChI is InChI=1S/C37H55N3/c1-3-5-7-8-9-10-12-24-37(29-38)25-22-33(23-26-37)31-18-20-34(21-19-31)36-39-27-35(28-40-36)32-16-14-30(15-17-32)13-11-6-4-2/h18-21,27-28,30,32-33H,3-17,22-26H2,1-2H3/t30-,32-,33-,37-. The van der Waals surface area contributed by atoms with Gasteiger partial charge in [-0.2, -0.15) is 5.26 Å². The van der Waals surface area contributed by atoms with Crippen molar-refractivity contribution in [3.05, 3.63) is 47.8 Å². The van der Waals surface area contributed by atoms with Gasteiger partial charge in [-0.15, -0.1) is 0 Å². The van der Waals surface area contributed by atoms with Crippen LogP contribution < -0.4 is 0 Å². The highest BCUT2D eigenvalue weighted by atomic mass is 14.9. The molecule has 0 N–H and O–H groups in total. The summed E-state index contributed by atoms with van der Waals surface area (Å²) in [5.41, 5.74) is 3.77. The summed E-state index contributed by atoms with van der Waals surface area (Å²) in [4.78, 5) is 9.57. The minimum atomic E-state index is -0.0796. The molecule has 0 radical (unpaired) electrons. The molecular weight excluding hydrogens is 486 g/mol. The van der Waals surface area contributed by atoms with Crippen molar-refractivity contribution in [2.75, 3.05) is 0 Å².